The van der Waals surface area contributed by atoms with E-state index in [9.17, 15) is 0 Å². The van der Waals surface area contributed by atoms with Gasteiger partial charge in [-0.2, -0.15) is 0 Å². The van der Waals surface area contributed by atoms with Crippen molar-refractivity contribution in [1.82, 2.24) is 14.8 Å². The second-order valence-corrected chi connectivity index (χ2v) is 10.2. The molecule has 1 heterocycles. The highest BCUT2D eigenvalue weighted by Crippen LogP contribution is 2.60. The molecule has 0 aliphatic heterocycles. The predicted molar refractivity (Wildman–Crippen MR) is 106 cm³/mol. The molecule has 6 rings (SSSR count). The highest BCUT2D eigenvalue weighted by molar-refractivity contribution is 7.98. The summed E-state index contributed by atoms with van der Waals surface area (Å²) in [7, 11) is 0. The number of rotatable bonds is 5. The Morgan fingerprint density at radius 1 is 1.00 bits per heavy atom. The van der Waals surface area contributed by atoms with E-state index in [1.165, 1.54) is 49.9 Å². The largest absolute Gasteiger partial charge is 0.303 e. The summed E-state index contributed by atoms with van der Waals surface area (Å²) in [4.78, 5) is 0. The van der Waals surface area contributed by atoms with Crippen LogP contribution in [0.4, 0.5) is 0 Å². The topological polar surface area (TPSA) is 30.7 Å². The summed E-state index contributed by atoms with van der Waals surface area (Å²) in [5.41, 5.74) is 1.67. The van der Waals surface area contributed by atoms with Crippen molar-refractivity contribution in [1.29, 1.82) is 0 Å². The molecule has 0 amide bonds. The molecule has 0 spiro atoms. The molecule has 4 heteroatoms. The molecule has 4 aliphatic rings. The van der Waals surface area contributed by atoms with Crippen LogP contribution < -0.4 is 0 Å². The van der Waals surface area contributed by atoms with Gasteiger partial charge in [-0.15, -0.1) is 10.2 Å². The van der Waals surface area contributed by atoms with Gasteiger partial charge in [-0.3, -0.25) is 0 Å². The lowest BCUT2D eigenvalue weighted by molar-refractivity contribution is -0.0118. The first-order valence-electron chi connectivity index (χ1n) is 10.2. The van der Waals surface area contributed by atoms with E-state index >= 15 is 0 Å². The number of thioether (sulfide) groups is 1. The molecule has 26 heavy (non-hydrogen) atoms. The Morgan fingerprint density at radius 2 is 1.62 bits per heavy atom. The minimum Gasteiger partial charge on any atom is -0.303 e. The molecular formula is C22H29N3S. The zero-order valence-electron chi connectivity index (χ0n) is 15.9. The zero-order valence-corrected chi connectivity index (χ0v) is 16.7. The van der Waals surface area contributed by atoms with Crippen LogP contribution in [0.15, 0.2) is 35.5 Å². The molecule has 0 unspecified atom stereocenters. The van der Waals surface area contributed by atoms with Crippen LogP contribution in [0.2, 0.25) is 0 Å². The smallest absolute Gasteiger partial charge is 0.191 e. The fraction of sp³-hybridized carbons (Fsp3) is 0.636. The van der Waals surface area contributed by atoms with Gasteiger partial charge in [0.25, 0.3) is 0 Å². The number of nitrogens with zero attached hydrogens (tertiary/aromatic N) is 3. The van der Waals surface area contributed by atoms with Crippen LogP contribution in [0, 0.1) is 17.8 Å². The first kappa shape index (κ1) is 16.9. The van der Waals surface area contributed by atoms with Gasteiger partial charge in [-0.25, -0.2) is 0 Å². The predicted octanol–water partition coefficient (Wildman–Crippen LogP) is 5.62. The summed E-state index contributed by atoms with van der Waals surface area (Å²) >= 11 is 1.84. The lowest BCUT2D eigenvalue weighted by Gasteiger charge is -2.56. The summed E-state index contributed by atoms with van der Waals surface area (Å²) in [5.74, 6) is 5.10. The fourth-order valence-corrected chi connectivity index (χ4v) is 7.33. The SMILES string of the molecule is CC(C)n1c(SCc2ccccc2)nnc1C12CC3CC(CC(C3)C1)C2. The summed E-state index contributed by atoms with van der Waals surface area (Å²) in [6.07, 6.45) is 8.49. The van der Waals surface area contributed by atoms with Crippen LogP contribution >= 0.6 is 11.8 Å². The van der Waals surface area contributed by atoms with Gasteiger partial charge in [0.15, 0.2) is 5.16 Å². The van der Waals surface area contributed by atoms with Crippen molar-refractivity contribution in [3.63, 3.8) is 0 Å². The van der Waals surface area contributed by atoms with E-state index in [0.29, 0.717) is 11.5 Å². The van der Waals surface area contributed by atoms with Crippen molar-refractivity contribution in [2.45, 2.75) is 74.7 Å². The average Bonchev–Trinajstić information content (AvgIpc) is 3.05. The van der Waals surface area contributed by atoms with Gasteiger partial charge in [0.2, 0.25) is 0 Å². The highest BCUT2D eigenvalue weighted by atomic mass is 32.2. The third-order valence-electron chi connectivity index (χ3n) is 6.90. The van der Waals surface area contributed by atoms with Crippen molar-refractivity contribution >= 4 is 11.8 Å². The molecule has 2 aromatic rings. The van der Waals surface area contributed by atoms with Gasteiger partial charge < -0.3 is 4.57 Å². The normalized spacial score (nSPS) is 32.5. The maximum Gasteiger partial charge on any atom is 0.191 e. The Hall–Kier alpha value is -1.29. The monoisotopic (exact) mass is 367 g/mol. The van der Waals surface area contributed by atoms with Crippen LogP contribution in [0.3, 0.4) is 0 Å². The second kappa shape index (κ2) is 6.40. The Morgan fingerprint density at radius 3 is 2.19 bits per heavy atom. The summed E-state index contributed by atoms with van der Waals surface area (Å²) < 4.78 is 2.47. The molecule has 4 aliphatic carbocycles. The highest BCUT2D eigenvalue weighted by Gasteiger charge is 2.54. The quantitative estimate of drug-likeness (QED) is 0.643. The van der Waals surface area contributed by atoms with E-state index in [2.05, 4.69) is 53.8 Å². The van der Waals surface area contributed by atoms with Crippen molar-refractivity contribution in [2.24, 2.45) is 17.8 Å². The third-order valence-corrected chi connectivity index (χ3v) is 7.92. The minimum absolute atomic E-state index is 0.317. The Kier molecular flexibility index (Phi) is 4.15. The molecule has 1 aromatic heterocycles. The molecule has 4 bridgehead atoms. The molecule has 1 aromatic carbocycles. The van der Waals surface area contributed by atoms with Crippen molar-refractivity contribution in [3.05, 3.63) is 41.7 Å². The first-order valence-corrected chi connectivity index (χ1v) is 11.2. The number of hydrogen-bond acceptors (Lipinski definition) is 3. The summed E-state index contributed by atoms with van der Waals surface area (Å²) in [6.45, 7) is 4.58. The molecule has 0 saturated heterocycles. The van der Waals surface area contributed by atoms with E-state index < -0.39 is 0 Å². The summed E-state index contributed by atoms with van der Waals surface area (Å²) in [6, 6.07) is 11.1. The zero-order chi connectivity index (χ0) is 17.7. The Balaban J connectivity index is 1.45. The van der Waals surface area contributed by atoms with Gasteiger partial charge in [0.1, 0.15) is 5.82 Å². The molecule has 4 fully saturated rings. The fourth-order valence-electron chi connectivity index (χ4n) is 6.31. The molecule has 4 saturated carbocycles. The van der Waals surface area contributed by atoms with E-state index in [-0.39, 0.29) is 0 Å². The van der Waals surface area contributed by atoms with E-state index in [1.807, 2.05) is 11.8 Å². The molecule has 0 N–H and O–H groups in total. The number of hydrogen-bond donors (Lipinski definition) is 0. The lowest BCUT2D eigenvalue weighted by Crippen LogP contribution is -2.49. The van der Waals surface area contributed by atoms with Crippen LogP contribution in [0.1, 0.15) is 69.8 Å². The van der Waals surface area contributed by atoms with E-state index in [0.717, 1.165) is 28.7 Å². The van der Waals surface area contributed by atoms with Gasteiger partial charge in [0.05, 0.1) is 0 Å². The van der Waals surface area contributed by atoms with Crippen molar-refractivity contribution in [3.8, 4) is 0 Å². The van der Waals surface area contributed by atoms with E-state index in [1.54, 1.807) is 0 Å². The van der Waals surface area contributed by atoms with Crippen LogP contribution in [-0.2, 0) is 11.2 Å². The molecular weight excluding hydrogens is 338 g/mol. The Labute approximate surface area is 161 Å². The van der Waals surface area contributed by atoms with E-state index in [4.69, 9.17) is 5.10 Å². The lowest BCUT2D eigenvalue weighted by atomic mass is 9.49. The van der Waals surface area contributed by atoms with Gasteiger partial charge >= 0.3 is 0 Å². The number of benzene rings is 1. The number of aromatic nitrogens is 3. The van der Waals surface area contributed by atoms with Crippen molar-refractivity contribution < 1.29 is 0 Å². The third kappa shape index (κ3) is 2.81. The summed E-state index contributed by atoms with van der Waals surface area (Å²) in [5, 5.41) is 10.6. The maximum absolute atomic E-state index is 4.83. The van der Waals surface area contributed by atoms with Crippen LogP contribution in [0.25, 0.3) is 0 Å². The van der Waals surface area contributed by atoms with Gasteiger partial charge in [-0.05, 0) is 75.7 Å². The molecule has 138 valence electrons. The minimum atomic E-state index is 0.317. The van der Waals surface area contributed by atoms with Crippen LogP contribution in [0.5, 0.6) is 0 Å². The van der Waals surface area contributed by atoms with Crippen molar-refractivity contribution in [2.75, 3.05) is 0 Å². The van der Waals surface area contributed by atoms with Crippen LogP contribution in [-0.4, -0.2) is 14.8 Å². The molecule has 0 atom stereocenters. The average molecular weight is 368 g/mol. The maximum atomic E-state index is 4.83. The first-order chi connectivity index (χ1) is 12.6. The molecule has 0 radical (unpaired) electrons. The second-order valence-electron chi connectivity index (χ2n) is 9.24. The Bertz CT molecular complexity index is 745. The van der Waals surface area contributed by atoms with Gasteiger partial charge in [0, 0.05) is 17.2 Å². The standard InChI is InChI=1S/C22H29N3S/c1-15(2)25-20(22-11-17-8-18(12-22)10-19(9-17)13-22)23-24-21(25)26-14-16-6-4-3-5-7-16/h3-7,15,17-19H,8-14H2,1-2H3. The van der Waals surface area contributed by atoms with Gasteiger partial charge in [-0.1, -0.05) is 42.1 Å². The molecule has 3 nitrogen and oxygen atoms in total.